The van der Waals surface area contributed by atoms with Crippen LogP contribution in [-0.4, -0.2) is 37.1 Å². The van der Waals surface area contributed by atoms with Gasteiger partial charge in [-0.1, -0.05) is 121 Å². The minimum atomic E-state index is 0.184. The summed E-state index contributed by atoms with van der Waals surface area (Å²) in [5.74, 6) is 1.15. The lowest BCUT2D eigenvalue weighted by Gasteiger charge is -2.33. The highest BCUT2D eigenvalue weighted by Crippen LogP contribution is 2.49. The van der Waals surface area contributed by atoms with Gasteiger partial charge in [0.05, 0.1) is 35.8 Å². The maximum Gasteiger partial charge on any atom is 0.0955 e. The minimum absolute atomic E-state index is 0.184. The summed E-state index contributed by atoms with van der Waals surface area (Å²) in [4.78, 5) is 12.9. The SMILES string of the molecule is c1ccc(Cn2cnc([C@@H]3c4c(ncn4Cc4ccccc4)C[C@@H]4CN(C(c5ccccc5)c5ccccc5)C[C@H]43)c2)cc1. The average Bonchev–Trinajstić information content (AvgIpc) is 3.81. The van der Waals surface area contributed by atoms with E-state index in [9.17, 15) is 0 Å². The zero-order chi connectivity index (χ0) is 29.3. The van der Waals surface area contributed by atoms with E-state index in [0.717, 1.165) is 38.3 Å². The Kier molecular flexibility index (Phi) is 7.17. The van der Waals surface area contributed by atoms with E-state index in [4.69, 9.17) is 9.97 Å². The second kappa shape index (κ2) is 11.7. The van der Waals surface area contributed by atoms with Crippen LogP contribution < -0.4 is 0 Å². The summed E-state index contributed by atoms with van der Waals surface area (Å²) in [5.41, 5.74) is 9.03. The van der Waals surface area contributed by atoms with Crippen molar-refractivity contribution in [1.29, 1.82) is 0 Å². The van der Waals surface area contributed by atoms with E-state index in [1.165, 1.54) is 33.6 Å². The predicted molar refractivity (Wildman–Crippen MR) is 174 cm³/mol. The Morgan fingerprint density at radius 3 is 1.86 bits per heavy atom. The number of likely N-dealkylation sites (tertiary alicyclic amines) is 1. The highest BCUT2D eigenvalue weighted by Gasteiger charge is 2.47. The molecule has 5 heteroatoms. The second-order valence-electron chi connectivity index (χ2n) is 12.4. The Labute approximate surface area is 259 Å². The summed E-state index contributed by atoms with van der Waals surface area (Å²) in [6, 6.07) is 43.7. The Morgan fingerprint density at radius 2 is 1.23 bits per heavy atom. The first-order valence-electron chi connectivity index (χ1n) is 15.8. The van der Waals surface area contributed by atoms with E-state index in [1.807, 2.05) is 6.33 Å². The number of hydrogen-bond donors (Lipinski definition) is 0. The van der Waals surface area contributed by atoms with Gasteiger partial charge in [-0.25, -0.2) is 9.97 Å². The molecule has 0 N–H and O–H groups in total. The van der Waals surface area contributed by atoms with E-state index in [2.05, 4.69) is 148 Å². The van der Waals surface area contributed by atoms with Gasteiger partial charge in [-0.05, 0) is 40.5 Å². The number of hydrogen-bond acceptors (Lipinski definition) is 3. The first-order valence-corrected chi connectivity index (χ1v) is 15.8. The zero-order valence-electron chi connectivity index (χ0n) is 24.9. The Balaban J connectivity index is 1.18. The molecule has 1 saturated heterocycles. The van der Waals surface area contributed by atoms with Gasteiger partial charge in [0.15, 0.2) is 0 Å². The number of fused-ring (bicyclic) bond motifs is 2. The van der Waals surface area contributed by atoms with Gasteiger partial charge in [0.1, 0.15) is 0 Å². The van der Waals surface area contributed by atoms with Crippen molar-refractivity contribution in [3.8, 4) is 0 Å². The van der Waals surface area contributed by atoms with Crippen molar-refractivity contribution in [3.05, 3.63) is 180 Å². The van der Waals surface area contributed by atoms with Crippen LogP contribution in [-0.2, 0) is 19.5 Å². The van der Waals surface area contributed by atoms with E-state index < -0.39 is 0 Å². The molecule has 2 aliphatic rings. The summed E-state index contributed by atoms with van der Waals surface area (Å²) in [6.07, 6.45) is 7.39. The highest BCUT2D eigenvalue weighted by atomic mass is 15.2. The van der Waals surface area contributed by atoms with E-state index in [1.54, 1.807) is 0 Å². The fourth-order valence-electron chi connectivity index (χ4n) is 7.70. The maximum absolute atomic E-state index is 5.11. The summed E-state index contributed by atoms with van der Waals surface area (Å²) in [5, 5.41) is 0. The van der Waals surface area contributed by atoms with Crippen LogP contribution in [0.15, 0.2) is 140 Å². The van der Waals surface area contributed by atoms with Crippen molar-refractivity contribution < 1.29 is 0 Å². The summed E-state index contributed by atoms with van der Waals surface area (Å²) in [7, 11) is 0. The molecule has 1 aliphatic carbocycles. The molecule has 3 atom stereocenters. The zero-order valence-corrected chi connectivity index (χ0v) is 24.9. The summed E-state index contributed by atoms with van der Waals surface area (Å²) < 4.78 is 4.64. The van der Waals surface area contributed by atoms with Gasteiger partial charge < -0.3 is 9.13 Å². The van der Waals surface area contributed by atoms with Gasteiger partial charge >= 0.3 is 0 Å². The number of nitrogens with zero attached hydrogens (tertiary/aromatic N) is 5. The van der Waals surface area contributed by atoms with Gasteiger partial charge in [0.25, 0.3) is 0 Å². The number of rotatable bonds is 8. The molecule has 0 radical (unpaired) electrons. The van der Waals surface area contributed by atoms with E-state index in [-0.39, 0.29) is 12.0 Å². The Hall–Kier alpha value is -4.74. The van der Waals surface area contributed by atoms with Crippen molar-refractivity contribution >= 4 is 0 Å². The molecule has 8 rings (SSSR count). The van der Waals surface area contributed by atoms with Crippen LogP contribution in [0.3, 0.4) is 0 Å². The predicted octanol–water partition coefficient (Wildman–Crippen LogP) is 7.20. The molecule has 1 aliphatic heterocycles. The Morgan fingerprint density at radius 1 is 0.636 bits per heavy atom. The molecule has 3 heterocycles. The quantitative estimate of drug-likeness (QED) is 0.193. The highest BCUT2D eigenvalue weighted by molar-refractivity contribution is 5.37. The van der Waals surface area contributed by atoms with Crippen LogP contribution in [0, 0.1) is 11.8 Å². The van der Waals surface area contributed by atoms with Crippen molar-refractivity contribution in [2.45, 2.75) is 31.5 Å². The molecule has 1 fully saturated rings. The molecule has 0 amide bonds. The second-order valence-corrected chi connectivity index (χ2v) is 12.4. The molecule has 0 spiro atoms. The largest absolute Gasteiger partial charge is 0.333 e. The average molecular weight is 576 g/mol. The monoisotopic (exact) mass is 575 g/mol. The smallest absolute Gasteiger partial charge is 0.0955 e. The van der Waals surface area contributed by atoms with Crippen LogP contribution in [0.25, 0.3) is 0 Å². The first-order chi connectivity index (χ1) is 21.8. The number of aromatic nitrogens is 4. The molecule has 2 aromatic heterocycles. The lowest BCUT2D eigenvalue weighted by atomic mass is 9.73. The lowest BCUT2D eigenvalue weighted by Crippen LogP contribution is -2.31. The van der Waals surface area contributed by atoms with Crippen LogP contribution in [0.5, 0.6) is 0 Å². The fraction of sp³-hybridized carbons (Fsp3) is 0.231. The summed E-state index contributed by atoms with van der Waals surface area (Å²) >= 11 is 0. The molecule has 44 heavy (non-hydrogen) atoms. The molecule has 0 unspecified atom stereocenters. The Bertz CT molecular complexity index is 1770. The van der Waals surface area contributed by atoms with Gasteiger partial charge in [0.2, 0.25) is 0 Å². The van der Waals surface area contributed by atoms with Crippen molar-refractivity contribution in [3.63, 3.8) is 0 Å². The standard InChI is InChI=1S/C39H37N5/c1-5-13-29(14-6-1)22-42-26-36(40-27-42)37-34-25-43(38(31-17-9-3-10-18-31)32-19-11-4-12-20-32)24-33(34)21-35-39(37)44(28-41-35)23-30-15-7-2-8-16-30/h1-20,26-28,33-34,37-38H,21-25H2/t33-,34-,37-/m1/s1. The molecular formula is C39H37N5. The number of imidazole rings is 2. The van der Waals surface area contributed by atoms with Crippen molar-refractivity contribution in [2.75, 3.05) is 13.1 Å². The molecular weight excluding hydrogens is 538 g/mol. The molecule has 0 bridgehead atoms. The molecule has 5 nitrogen and oxygen atoms in total. The third-order valence-electron chi connectivity index (χ3n) is 9.63. The van der Waals surface area contributed by atoms with E-state index in [0.29, 0.717) is 11.8 Å². The van der Waals surface area contributed by atoms with Gasteiger partial charge in [0, 0.05) is 38.3 Å². The van der Waals surface area contributed by atoms with Crippen LogP contribution in [0.1, 0.15) is 51.3 Å². The maximum atomic E-state index is 5.11. The van der Waals surface area contributed by atoms with Crippen LogP contribution >= 0.6 is 0 Å². The normalized spacial score (nSPS) is 19.6. The molecule has 218 valence electrons. The first kappa shape index (κ1) is 26.9. The van der Waals surface area contributed by atoms with Crippen molar-refractivity contribution in [2.24, 2.45) is 11.8 Å². The molecule has 0 saturated carbocycles. The third-order valence-corrected chi connectivity index (χ3v) is 9.63. The van der Waals surface area contributed by atoms with Gasteiger partial charge in [-0.2, -0.15) is 0 Å². The number of benzene rings is 4. The lowest BCUT2D eigenvalue weighted by molar-refractivity contribution is 0.264. The molecule has 6 aromatic rings. The topological polar surface area (TPSA) is 38.9 Å². The fourth-order valence-corrected chi connectivity index (χ4v) is 7.70. The van der Waals surface area contributed by atoms with Gasteiger partial charge in [-0.15, -0.1) is 0 Å². The van der Waals surface area contributed by atoms with E-state index >= 15 is 0 Å². The van der Waals surface area contributed by atoms with Crippen molar-refractivity contribution in [1.82, 2.24) is 24.0 Å². The van der Waals surface area contributed by atoms with Crippen LogP contribution in [0.4, 0.5) is 0 Å². The minimum Gasteiger partial charge on any atom is -0.333 e. The summed E-state index contributed by atoms with van der Waals surface area (Å²) in [6.45, 7) is 3.71. The third kappa shape index (κ3) is 5.18. The van der Waals surface area contributed by atoms with Crippen LogP contribution in [0.2, 0.25) is 0 Å². The molecule has 4 aromatic carbocycles. The van der Waals surface area contributed by atoms with Gasteiger partial charge in [-0.3, -0.25) is 4.90 Å².